The molecular weight excluding hydrogens is 543 g/mol. The Bertz CT molecular complexity index is 2480. The molecule has 3 heteroatoms. The summed E-state index contributed by atoms with van der Waals surface area (Å²) in [7, 11) is 0. The number of rotatable bonds is 4. The SMILES string of the molecule is c1ccc(N(c2cccc3ccccc23)c2cccc3c2oc2ccccc23)c(-c2cccc3c2sc2ccccc23)c1. The van der Waals surface area contributed by atoms with Gasteiger partial charge in [0.1, 0.15) is 5.58 Å². The minimum atomic E-state index is 0.881. The smallest absolute Gasteiger partial charge is 0.159 e. The summed E-state index contributed by atoms with van der Waals surface area (Å²) in [6, 6.07) is 54.2. The van der Waals surface area contributed by atoms with Crippen LogP contribution in [0.25, 0.3) is 64.0 Å². The Morgan fingerprint density at radius 2 is 1.02 bits per heavy atom. The molecule has 9 rings (SSSR count). The molecule has 0 amide bonds. The van der Waals surface area contributed by atoms with E-state index in [4.69, 9.17) is 4.42 Å². The molecular formula is C40H25NOS. The highest BCUT2D eigenvalue weighted by atomic mass is 32.1. The van der Waals surface area contributed by atoms with Crippen LogP contribution in [0.15, 0.2) is 156 Å². The third kappa shape index (κ3) is 3.72. The van der Waals surface area contributed by atoms with Gasteiger partial charge in [-0.25, -0.2) is 0 Å². The number of para-hydroxylation sites is 3. The van der Waals surface area contributed by atoms with Gasteiger partial charge in [0.25, 0.3) is 0 Å². The molecule has 202 valence electrons. The molecule has 0 aliphatic heterocycles. The van der Waals surface area contributed by atoms with Crippen molar-refractivity contribution in [1.82, 2.24) is 0 Å². The van der Waals surface area contributed by atoms with Crippen LogP contribution in [0.3, 0.4) is 0 Å². The van der Waals surface area contributed by atoms with Crippen LogP contribution in [0.2, 0.25) is 0 Å². The largest absolute Gasteiger partial charge is 0.454 e. The molecule has 0 radical (unpaired) electrons. The van der Waals surface area contributed by atoms with E-state index in [2.05, 4.69) is 150 Å². The lowest BCUT2D eigenvalue weighted by Gasteiger charge is -2.29. The summed E-state index contributed by atoms with van der Waals surface area (Å²) in [6.07, 6.45) is 0. The van der Waals surface area contributed by atoms with Gasteiger partial charge in [0, 0.05) is 47.5 Å². The molecule has 2 heterocycles. The first kappa shape index (κ1) is 24.2. The Morgan fingerprint density at radius 3 is 1.98 bits per heavy atom. The fourth-order valence-corrected chi connectivity index (χ4v) is 7.79. The number of thiophene rings is 1. The maximum Gasteiger partial charge on any atom is 0.159 e. The van der Waals surface area contributed by atoms with E-state index in [0.717, 1.165) is 39.0 Å². The first-order valence-corrected chi connectivity index (χ1v) is 15.3. The fraction of sp³-hybridized carbons (Fsp3) is 0. The summed E-state index contributed by atoms with van der Waals surface area (Å²) in [4.78, 5) is 2.40. The second-order valence-corrected chi connectivity index (χ2v) is 11.9. The van der Waals surface area contributed by atoms with Crippen LogP contribution in [0.4, 0.5) is 17.1 Å². The summed E-state index contributed by atoms with van der Waals surface area (Å²) in [5, 5.41) is 7.23. The first-order chi connectivity index (χ1) is 21.3. The Hall–Kier alpha value is -5.38. The Labute approximate surface area is 252 Å². The molecule has 2 nitrogen and oxygen atoms in total. The lowest BCUT2D eigenvalue weighted by atomic mass is 9.98. The number of benzene rings is 7. The van der Waals surface area contributed by atoms with E-state index >= 15 is 0 Å². The molecule has 0 bridgehead atoms. The lowest BCUT2D eigenvalue weighted by molar-refractivity contribution is 0.669. The third-order valence-electron chi connectivity index (χ3n) is 8.47. The molecule has 0 atom stereocenters. The van der Waals surface area contributed by atoms with E-state index in [-0.39, 0.29) is 0 Å². The molecule has 2 aromatic heterocycles. The third-order valence-corrected chi connectivity index (χ3v) is 9.69. The zero-order valence-corrected chi connectivity index (χ0v) is 24.0. The predicted molar refractivity (Wildman–Crippen MR) is 184 cm³/mol. The van der Waals surface area contributed by atoms with Crippen LogP contribution in [-0.4, -0.2) is 0 Å². The summed E-state index contributed by atoms with van der Waals surface area (Å²) in [5.74, 6) is 0. The minimum Gasteiger partial charge on any atom is -0.454 e. The van der Waals surface area contributed by atoms with E-state index in [1.807, 2.05) is 17.4 Å². The Balaban J connectivity index is 1.38. The number of nitrogens with zero attached hydrogens (tertiary/aromatic N) is 1. The number of hydrogen-bond donors (Lipinski definition) is 0. The average molecular weight is 568 g/mol. The van der Waals surface area contributed by atoms with Crippen molar-refractivity contribution >= 4 is 81.3 Å². The monoisotopic (exact) mass is 567 g/mol. The molecule has 7 aromatic carbocycles. The van der Waals surface area contributed by atoms with Gasteiger partial charge in [0.2, 0.25) is 0 Å². The van der Waals surface area contributed by atoms with Crippen LogP contribution in [-0.2, 0) is 0 Å². The normalized spacial score (nSPS) is 11.7. The van der Waals surface area contributed by atoms with Gasteiger partial charge in [-0.05, 0) is 35.7 Å². The molecule has 0 N–H and O–H groups in total. The molecule has 0 saturated heterocycles. The molecule has 0 aliphatic rings. The molecule has 43 heavy (non-hydrogen) atoms. The molecule has 0 saturated carbocycles. The zero-order valence-electron chi connectivity index (χ0n) is 23.2. The highest BCUT2D eigenvalue weighted by Crippen LogP contribution is 2.49. The highest BCUT2D eigenvalue weighted by molar-refractivity contribution is 7.26. The van der Waals surface area contributed by atoms with E-state index in [1.54, 1.807) is 0 Å². The maximum atomic E-state index is 6.64. The summed E-state index contributed by atoms with van der Waals surface area (Å²) in [5.41, 5.74) is 7.43. The van der Waals surface area contributed by atoms with Gasteiger partial charge in [-0.2, -0.15) is 0 Å². The van der Waals surface area contributed by atoms with Crippen LogP contribution in [0, 0.1) is 0 Å². The van der Waals surface area contributed by atoms with Crippen LogP contribution in [0.1, 0.15) is 0 Å². The molecule has 0 unspecified atom stereocenters. The second-order valence-electron chi connectivity index (χ2n) is 10.9. The molecule has 9 aromatic rings. The molecule has 0 aliphatic carbocycles. The van der Waals surface area contributed by atoms with Gasteiger partial charge >= 0.3 is 0 Å². The number of furan rings is 1. The molecule has 0 spiro atoms. The minimum absolute atomic E-state index is 0.881. The van der Waals surface area contributed by atoms with Crippen molar-refractivity contribution in [2.75, 3.05) is 4.90 Å². The van der Waals surface area contributed by atoms with E-state index in [1.165, 1.54) is 42.1 Å². The fourth-order valence-electron chi connectivity index (χ4n) is 6.56. The van der Waals surface area contributed by atoms with E-state index < -0.39 is 0 Å². The number of anilines is 3. The number of hydrogen-bond acceptors (Lipinski definition) is 3. The lowest BCUT2D eigenvalue weighted by Crippen LogP contribution is -2.12. The van der Waals surface area contributed by atoms with Crippen molar-refractivity contribution in [1.29, 1.82) is 0 Å². The quantitative estimate of drug-likeness (QED) is 0.210. The van der Waals surface area contributed by atoms with Gasteiger partial charge in [-0.3, -0.25) is 0 Å². The van der Waals surface area contributed by atoms with Gasteiger partial charge in [0.05, 0.1) is 17.1 Å². The standard InChI is InChI=1S/C40H25NOS/c1-2-14-27-26(12-1)13-9-22-34(27)41(36-23-11-18-31-29-16-4-7-24-37(29)42-39(31)36)35-21-6-3-15-28(35)32-19-10-20-33-30-17-5-8-25-38(30)43-40(32)33/h1-25H. The van der Waals surface area contributed by atoms with Crippen molar-refractivity contribution in [2.45, 2.75) is 0 Å². The van der Waals surface area contributed by atoms with Gasteiger partial charge < -0.3 is 9.32 Å². The topological polar surface area (TPSA) is 16.4 Å². The van der Waals surface area contributed by atoms with Gasteiger partial charge in [0.15, 0.2) is 5.58 Å². The van der Waals surface area contributed by atoms with Gasteiger partial charge in [-0.1, -0.05) is 121 Å². The van der Waals surface area contributed by atoms with Gasteiger partial charge in [-0.15, -0.1) is 11.3 Å². The van der Waals surface area contributed by atoms with Crippen LogP contribution in [0.5, 0.6) is 0 Å². The first-order valence-electron chi connectivity index (χ1n) is 14.5. The number of fused-ring (bicyclic) bond motifs is 7. The second kappa shape index (κ2) is 9.59. The average Bonchev–Trinajstić information content (AvgIpc) is 3.64. The van der Waals surface area contributed by atoms with E-state index in [0.29, 0.717) is 0 Å². The zero-order chi connectivity index (χ0) is 28.3. The Kier molecular flexibility index (Phi) is 5.40. The van der Waals surface area contributed by atoms with Crippen molar-refractivity contribution in [3.63, 3.8) is 0 Å². The van der Waals surface area contributed by atoms with Crippen LogP contribution < -0.4 is 4.90 Å². The summed E-state index contributed by atoms with van der Waals surface area (Å²) >= 11 is 1.87. The Morgan fingerprint density at radius 1 is 0.419 bits per heavy atom. The summed E-state index contributed by atoms with van der Waals surface area (Å²) in [6.45, 7) is 0. The van der Waals surface area contributed by atoms with Crippen molar-refractivity contribution in [3.8, 4) is 11.1 Å². The summed E-state index contributed by atoms with van der Waals surface area (Å²) < 4.78 is 9.24. The van der Waals surface area contributed by atoms with Crippen molar-refractivity contribution < 1.29 is 4.42 Å². The predicted octanol–water partition coefficient (Wildman–Crippen LogP) is 12.2. The van der Waals surface area contributed by atoms with Crippen LogP contribution >= 0.6 is 11.3 Å². The maximum absolute atomic E-state index is 6.64. The van der Waals surface area contributed by atoms with Crippen molar-refractivity contribution in [2.24, 2.45) is 0 Å². The molecule has 0 fully saturated rings. The highest BCUT2D eigenvalue weighted by Gasteiger charge is 2.24. The van der Waals surface area contributed by atoms with Crippen molar-refractivity contribution in [3.05, 3.63) is 152 Å². The van der Waals surface area contributed by atoms with E-state index in [9.17, 15) is 0 Å².